The Morgan fingerprint density at radius 3 is 2.24 bits per heavy atom. The largest absolute Gasteiger partial charge is 0.358 e. The summed E-state index contributed by atoms with van der Waals surface area (Å²) < 4.78 is 56.0. The predicted octanol–water partition coefficient (Wildman–Crippen LogP) is 3.22. The zero-order chi connectivity index (χ0) is 23.8. The highest BCUT2D eigenvalue weighted by Gasteiger charge is 2.27. The van der Waals surface area contributed by atoms with Crippen LogP contribution < -0.4 is 14.8 Å². The number of benzene rings is 2. The Morgan fingerprint density at radius 1 is 0.879 bits per heavy atom. The number of amides is 1. The average molecular weight is 531 g/mol. The number of nitrogens with one attached hydrogen (secondary N) is 4. The topological polar surface area (TPSA) is 137 Å². The molecule has 4 rings (SSSR count). The Labute approximate surface area is 201 Å². The van der Waals surface area contributed by atoms with Crippen LogP contribution in [0, 0.1) is 0 Å². The first-order valence-electron chi connectivity index (χ1n) is 9.96. The molecule has 1 aromatic heterocycles. The summed E-state index contributed by atoms with van der Waals surface area (Å²) in [7, 11) is -8.07. The van der Waals surface area contributed by atoms with Gasteiger partial charge in [0.1, 0.15) is 6.04 Å². The van der Waals surface area contributed by atoms with Gasteiger partial charge in [-0.25, -0.2) is 16.8 Å². The molecule has 2 aromatic carbocycles. The molecular formula is C20H20Cl2N4O5S2. The number of H-pyrrole nitrogens is 1. The molecule has 2 heterocycles. The van der Waals surface area contributed by atoms with Gasteiger partial charge in [0.25, 0.3) is 10.0 Å². The van der Waals surface area contributed by atoms with Crippen LogP contribution in [0.25, 0.3) is 10.9 Å². The van der Waals surface area contributed by atoms with E-state index in [0.717, 1.165) is 6.42 Å². The summed E-state index contributed by atoms with van der Waals surface area (Å²) in [6.07, 6.45) is 3.37. The van der Waals surface area contributed by atoms with Crippen LogP contribution in [-0.2, 0) is 24.8 Å². The van der Waals surface area contributed by atoms with Gasteiger partial charge in [-0.3, -0.25) is 9.52 Å². The molecule has 13 heteroatoms. The maximum atomic E-state index is 12.9. The van der Waals surface area contributed by atoms with Crippen molar-refractivity contribution in [1.82, 2.24) is 15.0 Å². The second kappa shape index (κ2) is 9.15. The molecule has 0 bridgehead atoms. The summed E-state index contributed by atoms with van der Waals surface area (Å²) in [5, 5.41) is 3.86. The summed E-state index contributed by atoms with van der Waals surface area (Å²) in [4.78, 5) is 14.6. The molecule has 1 amide bonds. The lowest BCUT2D eigenvalue weighted by molar-refractivity contribution is -0.122. The molecule has 0 saturated carbocycles. The van der Waals surface area contributed by atoms with Crippen LogP contribution in [0.4, 0.5) is 5.69 Å². The molecule has 1 saturated heterocycles. The molecule has 0 radical (unpaired) electrons. The predicted molar refractivity (Wildman–Crippen MR) is 127 cm³/mol. The number of aromatic amines is 1. The molecule has 33 heavy (non-hydrogen) atoms. The number of fused-ring (bicyclic) bond motifs is 1. The van der Waals surface area contributed by atoms with Crippen molar-refractivity contribution < 1.29 is 21.6 Å². The SMILES string of the molecule is O=C1NCCCCC1NS(=O)(=O)c1ccc(S(=O)(=O)Nc2ccc(Cl)c3c(Cl)c[nH]c23)cc1. The van der Waals surface area contributed by atoms with E-state index in [2.05, 4.69) is 19.7 Å². The van der Waals surface area contributed by atoms with Crippen molar-refractivity contribution in [3.63, 3.8) is 0 Å². The summed E-state index contributed by atoms with van der Waals surface area (Å²) in [6.45, 7) is 0.505. The molecule has 1 aliphatic heterocycles. The fourth-order valence-electron chi connectivity index (χ4n) is 3.56. The number of halogens is 2. The Bertz CT molecular complexity index is 1420. The van der Waals surface area contributed by atoms with Crippen LogP contribution in [0.5, 0.6) is 0 Å². The van der Waals surface area contributed by atoms with Gasteiger partial charge in [-0.1, -0.05) is 23.2 Å². The summed E-state index contributed by atoms with van der Waals surface area (Å²) in [5.74, 6) is -0.377. The third-order valence-corrected chi connectivity index (χ3v) is 8.74. The van der Waals surface area contributed by atoms with E-state index in [1.165, 1.54) is 42.6 Å². The lowest BCUT2D eigenvalue weighted by atomic mass is 10.1. The number of rotatable bonds is 6. The van der Waals surface area contributed by atoms with Gasteiger partial charge >= 0.3 is 0 Å². The minimum absolute atomic E-state index is 0.144. The van der Waals surface area contributed by atoms with Crippen LogP contribution in [0.1, 0.15) is 19.3 Å². The first-order valence-corrected chi connectivity index (χ1v) is 13.7. The minimum Gasteiger partial charge on any atom is -0.358 e. The first kappa shape index (κ1) is 23.8. The molecule has 176 valence electrons. The Balaban J connectivity index is 1.56. The second-order valence-electron chi connectivity index (χ2n) is 7.52. The molecule has 9 nitrogen and oxygen atoms in total. The van der Waals surface area contributed by atoms with Gasteiger partial charge in [0, 0.05) is 18.1 Å². The molecule has 1 fully saturated rings. The number of carbonyl (C=O) groups excluding carboxylic acids is 1. The van der Waals surface area contributed by atoms with Gasteiger partial charge in [0.05, 0.1) is 31.0 Å². The molecule has 1 aliphatic rings. The van der Waals surface area contributed by atoms with Gasteiger partial charge < -0.3 is 10.3 Å². The standard InChI is InChI=1S/C20H20Cl2N4O5S2/c21-14-8-9-16(19-18(14)15(22)11-24-19)25-32(28,29)12-4-6-13(7-5-12)33(30,31)26-17-3-1-2-10-23-20(17)27/h4-9,11,17,24-26H,1-3,10H2,(H,23,27). The van der Waals surface area contributed by atoms with E-state index in [0.29, 0.717) is 40.3 Å². The Hall–Kier alpha value is -2.31. The lowest BCUT2D eigenvalue weighted by Gasteiger charge is -2.16. The van der Waals surface area contributed by atoms with E-state index in [-0.39, 0.29) is 21.4 Å². The van der Waals surface area contributed by atoms with Crippen LogP contribution in [-0.4, -0.2) is 40.3 Å². The van der Waals surface area contributed by atoms with Gasteiger partial charge in [0.2, 0.25) is 15.9 Å². The van der Waals surface area contributed by atoms with Crippen LogP contribution in [0.2, 0.25) is 10.0 Å². The fraction of sp³-hybridized carbons (Fsp3) is 0.250. The highest BCUT2D eigenvalue weighted by molar-refractivity contribution is 7.92. The normalized spacial score (nSPS) is 17.5. The molecule has 1 atom stereocenters. The van der Waals surface area contributed by atoms with Gasteiger partial charge in [0.15, 0.2) is 0 Å². The van der Waals surface area contributed by atoms with E-state index in [9.17, 15) is 21.6 Å². The van der Waals surface area contributed by atoms with Gasteiger partial charge in [-0.15, -0.1) is 0 Å². The van der Waals surface area contributed by atoms with Crippen molar-refractivity contribution in [2.75, 3.05) is 11.3 Å². The fourth-order valence-corrected chi connectivity index (χ4v) is 6.42. The molecular weight excluding hydrogens is 511 g/mol. The Morgan fingerprint density at radius 2 is 1.55 bits per heavy atom. The number of sulfonamides is 2. The highest BCUT2D eigenvalue weighted by Crippen LogP contribution is 2.35. The van der Waals surface area contributed by atoms with Crippen molar-refractivity contribution in [2.24, 2.45) is 0 Å². The van der Waals surface area contributed by atoms with Crippen molar-refractivity contribution in [1.29, 1.82) is 0 Å². The monoisotopic (exact) mass is 530 g/mol. The van der Waals surface area contributed by atoms with Crippen molar-refractivity contribution in [3.05, 3.63) is 52.6 Å². The number of carbonyl (C=O) groups is 1. The third-order valence-electron chi connectivity index (χ3n) is 5.26. The van der Waals surface area contributed by atoms with E-state index >= 15 is 0 Å². The average Bonchev–Trinajstić information content (AvgIpc) is 3.06. The summed E-state index contributed by atoms with van der Waals surface area (Å²) in [5.41, 5.74) is 0.653. The quantitative estimate of drug-likeness (QED) is 0.387. The lowest BCUT2D eigenvalue weighted by Crippen LogP contribution is -2.45. The van der Waals surface area contributed by atoms with E-state index in [1.54, 1.807) is 0 Å². The highest BCUT2D eigenvalue weighted by atomic mass is 35.5. The number of anilines is 1. The van der Waals surface area contributed by atoms with Gasteiger partial charge in [-0.05, 0) is 55.7 Å². The summed E-state index contributed by atoms with van der Waals surface area (Å²) >= 11 is 12.2. The molecule has 0 spiro atoms. The summed E-state index contributed by atoms with van der Waals surface area (Å²) in [6, 6.07) is 6.85. The van der Waals surface area contributed by atoms with Gasteiger partial charge in [-0.2, -0.15) is 4.72 Å². The number of hydrogen-bond acceptors (Lipinski definition) is 5. The first-order chi connectivity index (χ1) is 15.6. The maximum Gasteiger partial charge on any atom is 0.261 e. The van der Waals surface area contributed by atoms with Crippen LogP contribution >= 0.6 is 23.2 Å². The van der Waals surface area contributed by atoms with Crippen molar-refractivity contribution in [2.45, 2.75) is 35.1 Å². The molecule has 0 aliphatic carbocycles. The molecule has 3 aromatic rings. The molecule has 4 N–H and O–H groups in total. The smallest absolute Gasteiger partial charge is 0.261 e. The van der Waals surface area contributed by atoms with Crippen LogP contribution in [0.15, 0.2) is 52.4 Å². The van der Waals surface area contributed by atoms with Crippen molar-refractivity contribution in [3.8, 4) is 0 Å². The number of hydrogen-bond donors (Lipinski definition) is 4. The van der Waals surface area contributed by atoms with Crippen LogP contribution in [0.3, 0.4) is 0 Å². The zero-order valence-electron chi connectivity index (χ0n) is 17.1. The maximum absolute atomic E-state index is 12.9. The molecule has 1 unspecified atom stereocenters. The van der Waals surface area contributed by atoms with E-state index in [1.807, 2.05) is 0 Å². The minimum atomic E-state index is -4.05. The second-order valence-corrected chi connectivity index (χ2v) is 11.7. The van der Waals surface area contributed by atoms with E-state index < -0.39 is 26.1 Å². The Kier molecular flexibility index (Phi) is 6.61. The van der Waals surface area contributed by atoms with Crippen molar-refractivity contribution >= 4 is 65.7 Å². The van der Waals surface area contributed by atoms with E-state index in [4.69, 9.17) is 23.2 Å². The zero-order valence-corrected chi connectivity index (χ0v) is 20.2. The third kappa shape index (κ3) is 4.97. The number of aromatic nitrogens is 1.